The summed E-state index contributed by atoms with van der Waals surface area (Å²) < 4.78 is 5.20. The molecule has 0 fully saturated rings. The van der Waals surface area contributed by atoms with Crippen LogP contribution in [0.4, 0.5) is 5.69 Å². The molecule has 4 heteroatoms. The fourth-order valence-corrected chi connectivity index (χ4v) is 1.84. The van der Waals surface area contributed by atoms with E-state index in [-0.39, 0.29) is 5.91 Å². The molecule has 1 atom stereocenters. The van der Waals surface area contributed by atoms with Gasteiger partial charge >= 0.3 is 5.97 Å². The van der Waals surface area contributed by atoms with Gasteiger partial charge in [-0.3, -0.25) is 4.79 Å². The van der Waals surface area contributed by atoms with Crippen LogP contribution in [0.3, 0.4) is 0 Å². The molecular weight excluding hydrogens is 266 g/mol. The fraction of sp³-hybridized carbons (Fsp3) is 0.176. The van der Waals surface area contributed by atoms with Crippen molar-refractivity contribution < 1.29 is 14.3 Å². The lowest BCUT2D eigenvalue weighted by Gasteiger charge is -2.14. The lowest BCUT2D eigenvalue weighted by Crippen LogP contribution is -2.30. The van der Waals surface area contributed by atoms with E-state index < -0.39 is 12.1 Å². The van der Waals surface area contributed by atoms with Crippen LogP contribution in [-0.4, -0.2) is 18.0 Å². The minimum atomic E-state index is -0.864. The quantitative estimate of drug-likeness (QED) is 0.877. The van der Waals surface area contributed by atoms with Gasteiger partial charge in [-0.1, -0.05) is 36.4 Å². The number of aryl methyl sites for hydroxylation is 1. The highest BCUT2D eigenvalue weighted by Crippen LogP contribution is 2.11. The van der Waals surface area contributed by atoms with E-state index in [2.05, 4.69) is 5.32 Å². The smallest absolute Gasteiger partial charge is 0.339 e. The standard InChI is InChI=1S/C17H17NO3/c1-12-8-6-7-11-15(12)17(20)21-13(2)16(19)18-14-9-4-3-5-10-14/h3-11,13H,1-2H3,(H,18,19). The summed E-state index contributed by atoms with van der Waals surface area (Å²) in [6.07, 6.45) is -0.864. The van der Waals surface area contributed by atoms with Crippen LogP contribution in [0.15, 0.2) is 54.6 Å². The maximum atomic E-state index is 12.0. The summed E-state index contributed by atoms with van der Waals surface area (Å²) >= 11 is 0. The number of hydrogen-bond donors (Lipinski definition) is 1. The van der Waals surface area contributed by atoms with E-state index in [1.807, 2.05) is 37.3 Å². The van der Waals surface area contributed by atoms with Gasteiger partial charge in [0, 0.05) is 5.69 Å². The second-order valence-corrected chi connectivity index (χ2v) is 4.72. The summed E-state index contributed by atoms with van der Waals surface area (Å²) in [5.74, 6) is -0.855. The van der Waals surface area contributed by atoms with Gasteiger partial charge in [-0.05, 0) is 37.6 Å². The molecule has 0 bridgehead atoms. The van der Waals surface area contributed by atoms with Crippen molar-refractivity contribution in [2.75, 3.05) is 5.32 Å². The third kappa shape index (κ3) is 3.92. The summed E-state index contributed by atoms with van der Waals surface area (Å²) in [6.45, 7) is 3.37. The topological polar surface area (TPSA) is 55.4 Å². The maximum Gasteiger partial charge on any atom is 0.339 e. The highest BCUT2D eigenvalue weighted by molar-refractivity contribution is 5.97. The Bertz CT molecular complexity index is 637. The minimum absolute atomic E-state index is 0.358. The van der Waals surface area contributed by atoms with Gasteiger partial charge in [0.05, 0.1) is 5.56 Å². The number of nitrogens with one attached hydrogen (secondary N) is 1. The molecule has 0 aliphatic carbocycles. The van der Waals surface area contributed by atoms with Crippen LogP contribution >= 0.6 is 0 Å². The number of carbonyl (C=O) groups excluding carboxylic acids is 2. The highest BCUT2D eigenvalue weighted by Gasteiger charge is 2.19. The fourth-order valence-electron chi connectivity index (χ4n) is 1.84. The Morgan fingerprint density at radius 3 is 2.29 bits per heavy atom. The zero-order valence-corrected chi connectivity index (χ0v) is 12.0. The average molecular weight is 283 g/mol. The average Bonchev–Trinajstić information content (AvgIpc) is 2.48. The van der Waals surface area contributed by atoms with Crippen molar-refractivity contribution in [2.24, 2.45) is 0 Å². The second-order valence-electron chi connectivity index (χ2n) is 4.72. The number of hydrogen-bond acceptors (Lipinski definition) is 3. The summed E-state index contributed by atoms with van der Waals surface area (Å²) in [5.41, 5.74) is 1.95. The first-order chi connectivity index (χ1) is 10.1. The number of rotatable bonds is 4. The van der Waals surface area contributed by atoms with Crippen molar-refractivity contribution in [1.82, 2.24) is 0 Å². The third-order valence-corrected chi connectivity index (χ3v) is 3.06. The number of esters is 1. The lowest BCUT2D eigenvalue weighted by molar-refractivity contribution is -0.123. The van der Waals surface area contributed by atoms with Gasteiger partial charge in [0.1, 0.15) is 0 Å². The lowest BCUT2D eigenvalue weighted by atomic mass is 10.1. The first-order valence-corrected chi connectivity index (χ1v) is 6.70. The van der Waals surface area contributed by atoms with Crippen molar-refractivity contribution >= 4 is 17.6 Å². The summed E-state index contributed by atoms with van der Waals surface area (Å²) in [7, 11) is 0. The van der Waals surface area contributed by atoms with Crippen molar-refractivity contribution in [3.8, 4) is 0 Å². The van der Waals surface area contributed by atoms with E-state index in [0.717, 1.165) is 5.56 Å². The Morgan fingerprint density at radius 2 is 1.62 bits per heavy atom. The molecule has 1 amide bonds. The van der Waals surface area contributed by atoms with Gasteiger partial charge in [0.15, 0.2) is 6.10 Å². The SMILES string of the molecule is Cc1ccccc1C(=O)OC(C)C(=O)Nc1ccccc1. The van der Waals surface area contributed by atoms with E-state index in [0.29, 0.717) is 11.3 Å². The molecule has 0 saturated heterocycles. The molecule has 0 radical (unpaired) electrons. The molecule has 2 aromatic rings. The predicted octanol–water partition coefficient (Wildman–Crippen LogP) is 3.18. The van der Waals surface area contributed by atoms with Crippen LogP contribution in [0, 0.1) is 6.92 Å². The number of para-hydroxylation sites is 1. The van der Waals surface area contributed by atoms with Crippen molar-refractivity contribution in [1.29, 1.82) is 0 Å². The number of ether oxygens (including phenoxy) is 1. The molecule has 21 heavy (non-hydrogen) atoms. The Hall–Kier alpha value is -2.62. The first-order valence-electron chi connectivity index (χ1n) is 6.70. The van der Waals surface area contributed by atoms with Crippen LogP contribution in [-0.2, 0) is 9.53 Å². The van der Waals surface area contributed by atoms with Gasteiger partial charge < -0.3 is 10.1 Å². The molecule has 108 valence electrons. The zero-order chi connectivity index (χ0) is 15.2. The van der Waals surface area contributed by atoms with Crippen molar-refractivity contribution in [3.63, 3.8) is 0 Å². The Kier molecular flexibility index (Phi) is 4.72. The Morgan fingerprint density at radius 1 is 1.00 bits per heavy atom. The number of anilines is 1. The zero-order valence-electron chi connectivity index (χ0n) is 12.0. The van der Waals surface area contributed by atoms with E-state index in [1.54, 1.807) is 31.2 Å². The van der Waals surface area contributed by atoms with Crippen LogP contribution in [0.2, 0.25) is 0 Å². The van der Waals surface area contributed by atoms with Crippen LogP contribution in [0.25, 0.3) is 0 Å². The summed E-state index contributed by atoms with van der Waals surface area (Å²) in [5, 5.41) is 2.70. The van der Waals surface area contributed by atoms with E-state index >= 15 is 0 Å². The second kappa shape index (κ2) is 6.70. The minimum Gasteiger partial charge on any atom is -0.449 e. The molecule has 2 rings (SSSR count). The largest absolute Gasteiger partial charge is 0.449 e. The number of benzene rings is 2. The molecular formula is C17H17NO3. The predicted molar refractivity (Wildman–Crippen MR) is 81.1 cm³/mol. The first kappa shape index (κ1) is 14.8. The van der Waals surface area contributed by atoms with Gasteiger partial charge in [0.25, 0.3) is 5.91 Å². The molecule has 1 N–H and O–H groups in total. The molecule has 0 saturated carbocycles. The van der Waals surface area contributed by atoms with E-state index in [4.69, 9.17) is 4.74 Å². The van der Waals surface area contributed by atoms with Gasteiger partial charge in [-0.25, -0.2) is 4.79 Å². The monoisotopic (exact) mass is 283 g/mol. The maximum absolute atomic E-state index is 12.0. The van der Waals surface area contributed by atoms with Crippen molar-refractivity contribution in [3.05, 3.63) is 65.7 Å². The van der Waals surface area contributed by atoms with Crippen molar-refractivity contribution in [2.45, 2.75) is 20.0 Å². The van der Waals surface area contributed by atoms with E-state index in [1.165, 1.54) is 0 Å². The summed E-state index contributed by atoms with van der Waals surface area (Å²) in [6, 6.07) is 16.2. The molecule has 4 nitrogen and oxygen atoms in total. The molecule has 0 spiro atoms. The Labute approximate surface area is 123 Å². The summed E-state index contributed by atoms with van der Waals surface area (Å²) in [4.78, 5) is 24.0. The molecule has 0 heterocycles. The molecule has 1 unspecified atom stereocenters. The van der Waals surface area contributed by atoms with Crippen LogP contribution in [0.1, 0.15) is 22.8 Å². The molecule has 0 aliphatic rings. The molecule has 2 aromatic carbocycles. The normalized spacial score (nSPS) is 11.5. The Balaban J connectivity index is 1.98. The van der Waals surface area contributed by atoms with Gasteiger partial charge in [0.2, 0.25) is 0 Å². The molecule has 0 aliphatic heterocycles. The van der Waals surface area contributed by atoms with Gasteiger partial charge in [-0.15, -0.1) is 0 Å². The third-order valence-electron chi connectivity index (χ3n) is 3.06. The number of amides is 1. The highest BCUT2D eigenvalue weighted by atomic mass is 16.5. The van der Waals surface area contributed by atoms with Gasteiger partial charge in [-0.2, -0.15) is 0 Å². The van der Waals surface area contributed by atoms with Crippen LogP contribution < -0.4 is 5.32 Å². The van der Waals surface area contributed by atoms with Crippen LogP contribution in [0.5, 0.6) is 0 Å². The molecule has 0 aromatic heterocycles. The number of carbonyl (C=O) groups is 2. The van der Waals surface area contributed by atoms with E-state index in [9.17, 15) is 9.59 Å².